The summed E-state index contributed by atoms with van der Waals surface area (Å²) in [6, 6.07) is 37.2. The van der Waals surface area contributed by atoms with Gasteiger partial charge in [-0.15, -0.1) is 0 Å². The van der Waals surface area contributed by atoms with Crippen LogP contribution in [0, 0.1) is 23.7 Å². The third kappa shape index (κ3) is 3.56. The molecule has 0 saturated carbocycles. The number of hydrogen-bond acceptors (Lipinski definition) is 0. The second-order valence-corrected chi connectivity index (χ2v) is 7.10. The molecule has 0 fully saturated rings. The summed E-state index contributed by atoms with van der Waals surface area (Å²) < 4.78 is 0. The van der Waals surface area contributed by atoms with Crippen LogP contribution in [-0.2, 0) is 0 Å². The van der Waals surface area contributed by atoms with Crippen molar-refractivity contribution in [3.05, 3.63) is 131 Å². The summed E-state index contributed by atoms with van der Waals surface area (Å²) in [5.74, 6) is 13.4. The van der Waals surface area contributed by atoms with E-state index >= 15 is 0 Å². The van der Waals surface area contributed by atoms with Crippen LogP contribution in [0.3, 0.4) is 0 Å². The second kappa shape index (κ2) is 8.00. The summed E-state index contributed by atoms with van der Waals surface area (Å²) in [6.07, 6.45) is 0. The Balaban J connectivity index is 1.56. The summed E-state index contributed by atoms with van der Waals surface area (Å²) in [4.78, 5) is 0. The maximum Gasteiger partial charge on any atom is 0.0405 e. The first kappa shape index (κ1) is 17.8. The van der Waals surface area contributed by atoms with Crippen molar-refractivity contribution in [3.63, 3.8) is 0 Å². The Hall–Kier alpha value is -4.26. The first-order valence-electron chi connectivity index (χ1n) is 9.97. The normalized spacial score (nSPS) is 10.1. The topological polar surface area (TPSA) is 0 Å². The zero-order chi connectivity index (χ0) is 20.2. The Morgan fingerprint density at radius 2 is 0.633 bits per heavy atom. The van der Waals surface area contributed by atoms with Crippen molar-refractivity contribution >= 4 is 21.5 Å². The lowest BCUT2D eigenvalue weighted by atomic mass is 10.0. The largest absolute Gasteiger partial charge is 0.0616 e. The van der Waals surface area contributed by atoms with Gasteiger partial charge in [0, 0.05) is 22.3 Å². The van der Waals surface area contributed by atoms with Crippen LogP contribution < -0.4 is 0 Å². The molecule has 0 aliphatic rings. The third-order valence-electron chi connectivity index (χ3n) is 5.17. The molecule has 0 N–H and O–H groups in total. The molecule has 0 radical (unpaired) electrons. The molecular weight excluding hydrogens is 360 g/mol. The standard InChI is InChI=1S/C30H18/c1-2-10-24(20-22-28-16-8-14-26-12-4-6-18-30(26)28)23(9-1)19-21-27-15-7-13-25-11-3-5-17-29(25)27/h1-18H. The van der Waals surface area contributed by atoms with Crippen LogP contribution in [-0.4, -0.2) is 0 Å². The van der Waals surface area contributed by atoms with Crippen LogP contribution in [0.5, 0.6) is 0 Å². The van der Waals surface area contributed by atoms with E-state index in [2.05, 4.69) is 109 Å². The van der Waals surface area contributed by atoms with Crippen LogP contribution in [0.15, 0.2) is 109 Å². The lowest BCUT2D eigenvalue weighted by molar-refractivity contribution is 1.58. The summed E-state index contributed by atoms with van der Waals surface area (Å²) in [7, 11) is 0. The molecular formula is C30H18. The van der Waals surface area contributed by atoms with Gasteiger partial charge in [-0.25, -0.2) is 0 Å². The highest BCUT2D eigenvalue weighted by Crippen LogP contribution is 2.19. The SMILES string of the molecule is C(#Cc1cccc2ccccc12)c1ccccc1C#Cc1cccc2ccccc12. The van der Waals surface area contributed by atoms with Gasteiger partial charge in [0.05, 0.1) is 0 Å². The molecule has 0 nitrogen and oxygen atoms in total. The van der Waals surface area contributed by atoms with Crippen molar-refractivity contribution < 1.29 is 0 Å². The molecule has 0 aliphatic heterocycles. The Kier molecular flexibility index (Phi) is 4.75. The molecule has 0 amide bonds. The lowest BCUT2D eigenvalue weighted by Gasteiger charge is -2.01. The van der Waals surface area contributed by atoms with Gasteiger partial charge in [-0.2, -0.15) is 0 Å². The minimum Gasteiger partial charge on any atom is -0.0616 e. The maximum absolute atomic E-state index is 3.35. The third-order valence-corrected chi connectivity index (χ3v) is 5.17. The van der Waals surface area contributed by atoms with Gasteiger partial charge in [0.15, 0.2) is 0 Å². The van der Waals surface area contributed by atoms with Crippen LogP contribution in [0.1, 0.15) is 22.3 Å². The van der Waals surface area contributed by atoms with E-state index in [1.54, 1.807) is 0 Å². The minimum absolute atomic E-state index is 0.943. The van der Waals surface area contributed by atoms with Crippen LogP contribution >= 0.6 is 0 Å². The monoisotopic (exact) mass is 378 g/mol. The molecule has 138 valence electrons. The van der Waals surface area contributed by atoms with Crippen molar-refractivity contribution in [3.8, 4) is 23.7 Å². The van der Waals surface area contributed by atoms with Crippen LogP contribution in [0.4, 0.5) is 0 Å². The van der Waals surface area contributed by atoms with E-state index in [0.717, 1.165) is 22.3 Å². The molecule has 0 heterocycles. The number of benzene rings is 5. The highest BCUT2D eigenvalue weighted by molar-refractivity contribution is 5.89. The van der Waals surface area contributed by atoms with E-state index in [9.17, 15) is 0 Å². The number of hydrogen-bond donors (Lipinski definition) is 0. The van der Waals surface area contributed by atoms with Gasteiger partial charge in [0.25, 0.3) is 0 Å². The fourth-order valence-corrected chi connectivity index (χ4v) is 3.64. The average molecular weight is 378 g/mol. The van der Waals surface area contributed by atoms with E-state index < -0.39 is 0 Å². The number of rotatable bonds is 0. The smallest absolute Gasteiger partial charge is 0.0405 e. The summed E-state index contributed by atoms with van der Waals surface area (Å²) in [5, 5.41) is 4.75. The molecule has 5 aromatic carbocycles. The summed E-state index contributed by atoms with van der Waals surface area (Å²) in [6.45, 7) is 0. The van der Waals surface area contributed by atoms with E-state index in [-0.39, 0.29) is 0 Å². The predicted molar refractivity (Wildman–Crippen MR) is 126 cm³/mol. The van der Waals surface area contributed by atoms with E-state index in [4.69, 9.17) is 0 Å². The molecule has 0 heteroatoms. The molecule has 0 atom stereocenters. The van der Waals surface area contributed by atoms with Crippen molar-refractivity contribution in [1.82, 2.24) is 0 Å². The van der Waals surface area contributed by atoms with Crippen molar-refractivity contribution in [2.75, 3.05) is 0 Å². The first-order chi connectivity index (χ1) is 14.9. The van der Waals surface area contributed by atoms with Gasteiger partial charge in [0.2, 0.25) is 0 Å². The maximum atomic E-state index is 3.35. The fraction of sp³-hybridized carbons (Fsp3) is 0. The van der Waals surface area contributed by atoms with Gasteiger partial charge < -0.3 is 0 Å². The quantitative estimate of drug-likeness (QED) is 0.260. The Morgan fingerprint density at radius 1 is 0.300 bits per heavy atom. The highest BCUT2D eigenvalue weighted by atomic mass is 14.0. The van der Waals surface area contributed by atoms with Gasteiger partial charge >= 0.3 is 0 Å². The molecule has 0 aliphatic carbocycles. The van der Waals surface area contributed by atoms with Crippen molar-refractivity contribution in [2.24, 2.45) is 0 Å². The van der Waals surface area contributed by atoms with E-state index in [1.165, 1.54) is 21.5 Å². The Morgan fingerprint density at radius 3 is 1.13 bits per heavy atom. The highest BCUT2D eigenvalue weighted by Gasteiger charge is 2.00. The van der Waals surface area contributed by atoms with Gasteiger partial charge in [0.1, 0.15) is 0 Å². The Labute approximate surface area is 176 Å². The first-order valence-corrected chi connectivity index (χ1v) is 9.97. The summed E-state index contributed by atoms with van der Waals surface area (Å²) >= 11 is 0. The lowest BCUT2D eigenvalue weighted by Crippen LogP contribution is -1.85. The van der Waals surface area contributed by atoms with Crippen LogP contribution in [0.25, 0.3) is 21.5 Å². The molecule has 0 spiro atoms. The molecule has 0 saturated heterocycles. The minimum atomic E-state index is 0.943. The van der Waals surface area contributed by atoms with Crippen molar-refractivity contribution in [1.29, 1.82) is 0 Å². The van der Waals surface area contributed by atoms with E-state index in [1.807, 2.05) is 24.3 Å². The molecule has 5 rings (SSSR count). The van der Waals surface area contributed by atoms with Crippen LogP contribution in [0.2, 0.25) is 0 Å². The van der Waals surface area contributed by atoms with Crippen molar-refractivity contribution in [2.45, 2.75) is 0 Å². The molecule has 5 aromatic rings. The zero-order valence-corrected chi connectivity index (χ0v) is 16.4. The molecule has 0 unspecified atom stereocenters. The number of fused-ring (bicyclic) bond motifs is 2. The summed E-state index contributed by atoms with van der Waals surface area (Å²) in [5.41, 5.74) is 3.95. The van der Waals surface area contributed by atoms with Gasteiger partial charge in [-0.1, -0.05) is 109 Å². The predicted octanol–water partition coefficient (Wildman–Crippen LogP) is 6.79. The van der Waals surface area contributed by atoms with E-state index in [0.29, 0.717) is 0 Å². The van der Waals surface area contributed by atoms with Gasteiger partial charge in [-0.05, 0) is 45.8 Å². The molecule has 0 aromatic heterocycles. The zero-order valence-electron chi connectivity index (χ0n) is 16.4. The molecule has 30 heavy (non-hydrogen) atoms. The molecule has 0 bridgehead atoms. The van der Waals surface area contributed by atoms with Gasteiger partial charge in [-0.3, -0.25) is 0 Å². The average Bonchev–Trinajstić information content (AvgIpc) is 2.82. The second-order valence-electron chi connectivity index (χ2n) is 7.10. The fourth-order valence-electron chi connectivity index (χ4n) is 3.64. The Bertz CT molecular complexity index is 1370.